The third-order valence-electron chi connectivity index (χ3n) is 3.32. The Kier molecular flexibility index (Phi) is 3.85. The van der Waals surface area contributed by atoms with E-state index in [1.807, 2.05) is 30.5 Å². The first-order valence-corrected chi connectivity index (χ1v) is 7.22. The predicted molar refractivity (Wildman–Crippen MR) is 74.6 cm³/mol. The van der Waals surface area contributed by atoms with Crippen LogP contribution in [0, 0.1) is 13.8 Å². The molecule has 2 heterocycles. The highest BCUT2D eigenvalue weighted by Crippen LogP contribution is 2.19. The van der Waals surface area contributed by atoms with E-state index in [0.29, 0.717) is 17.5 Å². The average molecular weight is 268 g/mol. The van der Waals surface area contributed by atoms with Gasteiger partial charge in [-0.2, -0.15) is 16.9 Å². The Bertz CT molecular complexity index is 457. The predicted octanol–water partition coefficient (Wildman–Crippen LogP) is 1.05. The van der Waals surface area contributed by atoms with E-state index in [2.05, 4.69) is 12.0 Å². The van der Waals surface area contributed by atoms with Crippen LogP contribution in [0.1, 0.15) is 18.3 Å². The summed E-state index contributed by atoms with van der Waals surface area (Å²) < 4.78 is 1.71. The van der Waals surface area contributed by atoms with Crippen molar-refractivity contribution in [3.63, 3.8) is 0 Å². The summed E-state index contributed by atoms with van der Waals surface area (Å²) in [5.74, 6) is 1.15. The molecule has 0 aliphatic carbocycles. The third kappa shape index (κ3) is 2.63. The summed E-state index contributed by atoms with van der Waals surface area (Å²) in [4.78, 5) is 14.1. The number of nitrogen functional groups attached to an aromatic ring is 1. The molecule has 5 nitrogen and oxygen atoms in total. The van der Waals surface area contributed by atoms with Gasteiger partial charge in [0.15, 0.2) is 0 Å². The topological polar surface area (TPSA) is 64.2 Å². The molecule has 2 rings (SSSR count). The van der Waals surface area contributed by atoms with Crippen molar-refractivity contribution >= 4 is 23.4 Å². The molecule has 1 aliphatic rings. The molecule has 1 aromatic rings. The van der Waals surface area contributed by atoms with Gasteiger partial charge in [-0.1, -0.05) is 6.92 Å². The quantitative estimate of drug-likeness (QED) is 0.870. The summed E-state index contributed by atoms with van der Waals surface area (Å²) in [5.41, 5.74) is 8.22. The monoisotopic (exact) mass is 268 g/mol. The van der Waals surface area contributed by atoms with Crippen LogP contribution < -0.4 is 5.73 Å². The molecule has 0 radical (unpaired) electrons. The van der Waals surface area contributed by atoms with Crippen LogP contribution in [-0.4, -0.2) is 44.7 Å². The third-order valence-corrected chi connectivity index (χ3v) is 4.45. The summed E-state index contributed by atoms with van der Waals surface area (Å²) in [5, 5.41) is 4.82. The Morgan fingerprint density at radius 3 is 2.83 bits per heavy atom. The van der Waals surface area contributed by atoms with E-state index in [-0.39, 0.29) is 5.91 Å². The summed E-state index contributed by atoms with van der Waals surface area (Å²) in [6.45, 7) is 7.88. The number of amides is 1. The number of anilines is 1. The molecule has 1 aromatic heterocycles. The summed E-state index contributed by atoms with van der Waals surface area (Å²) in [6.07, 6.45) is 0. The molecule has 2 N–H and O–H groups in total. The molecule has 1 amide bonds. The van der Waals surface area contributed by atoms with Gasteiger partial charge in [0.1, 0.15) is 6.54 Å². The SMILES string of the molecule is Cc1nn(CC(=O)N2CCSC(C)C2)c(C)c1N. The molecular formula is C12H20N4OS. The van der Waals surface area contributed by atoms with Gasteiger partial charge in [-0.25, -0.2) is 0 Å². The maximum Gasteiger partial charge on any atom is 0.244 e. The summed E-state index contributed by atoms with van der Waals surface area (Å²) in [7, 11) is 0. The Balaban J connectivity index is 2.04. The standard InChI is InChI=1S/C12H20N4OS/c1-8-6-15(4-5-18-8)11(17)7-16-10(3)12(13)9(2)14-16/h8H,4-7,13H2,1-3H3. The van der Waals surface area contributed by atoms with Crippen molar-refractivity contribution < 1.29 is 4.79 Å². The minimum absolute atomic E-state index is 0.132. The average Bonchev–Trinajstić information content (AvgIpc) is 2.57. The fraction of sp³-hybridized carbons (Fsp3) is 0.667. The molecule has 1 unspecified atom stereocenters. The van der Waals surface area contributed by atoms with Crippen LogP contribution in [0.5, 0.6) is 0 Å². The van der Waals surface area contributed by atoms with Gasteiger partial charge in [0.2, 0.25) is 5.91 Å². The highest BCUT2D eigenvalue weighted by atomic mass is 32.2. The van der Waals surface area contributed by atoms with E-state index >= 15 is 0 Å². The lowest BCUT2D eigenvalue weighted by Gasteiger charge is -2.30. The lowest BCUT2D eigenvalue weighted by atomic mass is 10.3. The van der Waals surface area contributed by atoms with Crippen molar-refractivity contribution in [2.75, 3.05) is 24.6 Å². The number of aromatic nitrogens is 2. The van der Waals surface area contributed by atoms with E-state index in [4.69, 9.17) is 5.73 Å². The van der Waals surface area contributed by atoms with Crippen molar-refractivity contribution in [2.45, 2.75) is 32.6 Å². The van der Waals surface area contributed by atoms with Crippen LogP contribution in [0.25, 0.3) is 0 Å². The zero-order valence-corrected chi connectivity index (χ0v) is 12.0. The van der Waals surface area contributed by atoms with E-state index in [1.54, 1.807) is 4.68 Å². The minimum atomic E-state index is 0.132. The second-order valence-electron chi connectivity index (χ2n) is 4.76. The maximum absolute atomic E-state index is 12.2. The van der Waals surface area contributed by atoms with E-state index in [9.17, 15) is 4.79 Å². The molecule has 1 fully saturated rings. The molecule has 0 bridgehead atoms. The fourth-order valence-corrected chi connectivity index (χ4v) is 3.15. The van der Waals surface area contributed by atoms with Crippen molar-refractivity contribution in [1.29, 1.82) is 0 Å². The molecular weight excluding hydrogens is 248 g/mol. The normalized spacial score (nSPS) is 20.2. The highest BCUT2D eigenvalue weighted by molar-refractivity contribution is 7.99. The molecule has 0 spiro atoms. The number of nitrogens with two attached hydrogens (primary N) is 1. The highest BCUT2D eigenvalue weighted by Gasteiger charge is 2.22. The number of nitrogens with zero attached hydrogens (tertiary/aromatic N) is 3. The number of hydrogen-bond acceptors (Lipinski definition) is 4. The first kappa shape index (κ1) is 13.3. The van der Waals surface area contributed by atoms with Gasteiger partial charge in [0.05, 0.1) is 17.1 Å². The van der Waals surface area contributed by atoms with Gasteiger partial charge in [0, 0.05) is 24.1 Å². The van der Waals surface area contributed by atoms with Crippen molar-refractivity contribution in [3.05, 3.63) is 11.4 Å². The molecule has 18 heavy (non-hydrogen) atoms. The first-order valence-electron chi connectivity index (χ1n) is 6.18. The molecule has 6 heteroatoms. The lowest BCUT2D eigenvalue weighted by Crippen LogP contribution is -2.42. The molecule has 1 saturated heterocycles. The van der Waals surface area contributed by atoms with Crippen LogP contribution in [0.4, 0.5) is 5.69 Å². The van der Waals surface area contributed by atoms with Crippen molar-refractivity contribution in [2.24, 2.45) is 0 Å². The summed E-state index contributed by atoms with van der Waals surface area (Å²) >= 11 is 1.92. The van der Waals surface area contributed by atoms with Crippen molar-refractivity contribution in [1.82, 2.24) is 14.7 Å². The number of carbonyl (C=O) groups excluding carboxylic acids is 1. The van der Waals surface area contributed by atoms with Gasteiger partial charge >= 0.3 is 0 Å². The zero-order valence-electron chi connectivity index (χ0n) is 11.1. The zero-order chi connectivity index (χ0) is 13.3. The molecule has 100 valence electrons. The maximum atomic E-state index is 12.2. The van der Waals surface area contributed by atoms with E-state index < -0.39 is 0 Å². The largest absolute Gasteiger partial charge is 0.396 e. The van der Waals surface area contributed by atoms with Crippen LogP contribution in [0.2, 0.25) is 0 Å². The van der Waals surface area contributed by atoms with Gasteiger partial charge in [-0.3, -0.25) is 9.48 Å². The Labute approximate surface area is 112 Å². The molecule has 0 aromatic carbocycles. The van der Waals surface area contributed by atoms with E-state index in [1.165, 1.54) is 0 Å². The number of rotatable bonds is 2. The molecule has 1 aliphatic heterocycles. The fourth-order valence-electron chi connectivity index (χ4n) is 2.14. The van der Waals surface area contributed by atoms with Crippen molar-refractivity contribution in [3.8, 4) is 0 Å². The number of carbonyl (C=O) groups is 1. The Morgan fingerprint density at radius 1 is 1.56 bits per heavy atom. The molecule has 1 atom stereocenters. The van der Waals surface area contributed by atoms with Crippen LogP contribution in [-0.2, 0) is 11.3 Å². The Morgan fingerprint density at radius 2 is 2.28 bits per heavy atom. The van der Waals surface area contributed by atoms with Crippen LogP contribution in [0.3, 0.4) is 0 Å². The van der Waals surface area contributed by atoms with E-state index in [0.717, 1.165) is 30.2 Å². The van der Waals surface area contributed by atoms with Gasteiger partial charge < -0.3 is 10.6 Å². The minimum Gasteiger partial charge on any atom is -0.396 e. The van der Waals surface area contributed by atoms with Gasteiger partial charge in [0.25, 0.3) is 0 Å². The number of thioether (sulfide) groups is 1. The molecule has 0 saturated carbocycles. The second kappa shape index (κ2) is 5.22. The van der Waals surface area contributed by atoms with Gasteiger partial charge in [-0.05, 0) is 13.8 Å². The second-order valence-corrected chi connectivity index (χ2v) is 6.31. The smallest absolute Gasteiger partial charge is 0.244 e. The number of hydrogen-bond donors (Lipinski definition) is 1. The van der Waals surface area contributed by atoms with Crippen LogP contribution in [0.15, 0.2) is 0 Å². The van der Waals surface area contributed by atoms with Crippen LogP contribution >= 0.6 is 11.8 Å². The Hall–Kier alpha value is -1.17. The summed E-state index contributed by atoms with van der Waals surface area (Å²) in [6, 6.07) is 0. The first-order chi connectivity index (χ1) is 8.49. The van der Waals surface area contributed by atoms with Gasteiger partial charge in [-0.15, -0.1) is 0 Å². The lowest BCUT2D eigenvalue weighted by molar-refractivity contribution is -0.131. The number of aryl methyl sites for hydroxylation is 1.